The summed E-state index contributed by atoms with van der Waals surface area (Å²) in [6, 6.07) is 16.5. The van der Waals surface area contributed by atoms with E-state index in [4.69, 9.17) is 4.98 Å². The molecule has 5 heteroatoms. The van der Waals surface area contributed by atoms with Gasteiger partial charge in [0.2, 0.25) is 5.91 Å². The maximum absolute atomic E-state index is 13.1. The number of amides is 1. The lowest BCUT2D eigenvalue weighted by atomic mass is 9.94. The maximum Gasteiger partial charge on any atom is 0.233 e. The Bertz CT molecular complexity index is 925. The highest BCUT2D eigenvalue weighted by molar-refractivity contribution is 8.00. The molecule has 0 radical (unpaired) electrons. The van der Waals surface area contributed by atoms with Gasteiger partial charge in [-0.3, -0.25) is 14.8 Å². The second-order valence-corrected chi connectivity index (χ2v) is 8.33. The van der Waals surface area contributed by atoms with Crippen LogP contribution in [0.3, 0.4) is 0 Å². The third kappa shape index (κ3) is 4.71. The molecule has 3 aromatic rings. The smallest absolute Gasteiger partial charge is 0.233 e. The van der Waals surface area contributed by atoms with Crippen molar-refractivity contribution in [3.63, 3.8) is 0 Å². The zero-order valence-corrected chi connectivity index (χ0v) is 16.8. The second kappa shape index (κ2) is 9.20. The van der Waals surface area contributed by atoms with Gasteiger partial charge in [-0.2, -0.15) is 0 Å². The van der Waals surface area contributed by atoms with E-state index in [0.29, 0.717) is 18.3 Å². The topological polar surface area (TPSA) is 46.1 Å². The molecule has 0 spiro atoms. The van der Waals surface area contributed by atoms with Crippen molar-refractivity contribution in [2.24, 2.45) is 0 Å². The van der Waals surface area contributed by atoms with Crippen molar-refractivity contribution in [3.8, 4) is 0 Å². The van der Waals surface area contributed by atoms with Crippen molar-refractivity contribution < 1.29 is 4.79 Å². The van der Waals surface area contributed by atoms with Gasteiger partial charge < -0.3 is 4.90 Å². The monoisotopic (exact) mass is 391 g/mol. The van der Waals surface area contributed by atoms with Gasteiger partial charge in [-0.15, -0.1) is 11.8 Å². The van der Waals surface area contributed by atoms with E-state index in [1.54, 1.807) is 24.2 Å². The lowest BCUT2D eigenvalue weighted by Crippen LogP contribution is -2.42. The molecule has 1 fully saturated rings. The zero-order valence-electron chi connectivity index (χ0n) is 16.0. The summed E-state index contributed by atoms with van der Waals surface area (Å²) < 4.78 is 0. The minimum absolute atomic E-state index is 0.198. The number of rotatable bonds is 6. The number of nitrogens with zero attached hydrogens (tertiary/aromatic N) is 3. The average Bonchev–Trinajstić information content (AvgIpc) is 2.77. The Morgan fingerprint density at radius 3 is 2.61 bits per heavy atom. The van der Waals surface area contributed by atoms with Crippen LogP contribution < -0.4 is 0 Å². The number of carbonyl (C=O) groups is 1. The van der Waals surface area contributed by atoms with Crippen molar-refractivity contribution >= 4 is 28.6 Å². The molecule has 1 aromatic carbocycles. The normalized spacial score (nSPS) is 14.9. The number of benzene rings is 1. The Morgan fingerprint density at radius 2 is 1.79 bits per heavy atom. The molecule has 0 atom stereocenters. The summed E-state index contributed by atoms with van der Waals surface area (Å²) in [5.74, 6) is 0.650. The zero-order chi connectivity index (χ0) is 19.2. The van der Waals surface area contributed by atoms with E-state index < -0.39 is 0 Å². The first-order chi connectivity index (χ1) is 13.8. The molecule has 4 rings (SSSR count). The SMILES string of the molecule is O=C(CSc1ccncc1)N(Cc1ccc2ccccc2n1)C1CCCCC1. The molecule has 0 unspecified atom stereocenters. The van der Waals surface area contributed by atoms with Crippen LogP contribution in [0.5, 0.6) is 0 Å². The Labute approximate surface area is 170 Å². The standard InChI is InChI=1S/C23H25N3OS/c27-23(17-28-21-12-14-24-15-13-21)26(20-7-2-1-3-8-20)16-19-11-10-18-6-4-5-9-22(18)25-19/h4-6,9-15,20H,1-3,7-8,16-17H2. The van der Waals surface area contributed by atoms with Crippen LogP contribution in [0.15, 0.2) is 65.8 Å². The van der Waals surface area contributed by atoms with E-state index in [0.717, 1.165) is 34.3 Å². The molecule has 0 N–H and O–H groups in total. The van der Waals surface area contributed by atoms with Crippen molar-refractivity contribution in [1.29, 1.82) is 0 Å². The number of para-hydroxylation sites is 1. The molecule has 144 valence electrons. The van der Waals surface area contributed by atoms with Gasteiger partial charge in [0.1, 0.15) is 0 Å². The first-order valence-corrected chi connectivity index (χ1v) is 10.9. The van der Waals surface area contributed by atoms with Crippen molar-refractivity contribution in [2.75, 3.05) is 5.75 Å². The Hall–Kier alpha value is -2.40. The highest BCUT2D eigenvalue weighted by Crippen LogP contribution is 2.26. The quantitative estimate of drug-likeness (QED) is 0.550. The van der Waals surface area contributed by atoms with Gasteiger partial charge in [0.15, 0.2) is 0 Å². The van der Waals surface area contributed by atoms with Crippen molar-refractivity contribution in [3.05, 3.63) is 66.6 Å². The summed E-state index contributed by atoms with van der Waals surface area (Å²) in [7, 11) is 0. The van der Waals surface area contributed by atoms with Gasteiger partial charge in [0, 0.05) is 28.7 Å². The van der Waals surface area contributed by atoms with Crippen LogP contribution in [-0.2, 0) is 11.3 Å². The number of hydrogen-bond donors (Lipinski definition) is 0. The molecule has 0 aliphatic heterocycles. The van der Waals surface area contributed by atoms with E-state index in [1.165, 1.54) is 19.3 Å². The van der Waals surface area contributed by atoms with Gasteiger partial charge in [0.25, 0.3) is 0 Å². The van der Waals surface area contributed by atoms with E-state index in [-0.39, 0.29) is 5.91 Å². The van der Waals surface area contributed by atoms with Gasteiger partial charge in [-0.05, 0) is 37.1 Å². The fourth-order valence-corrected chi connectivity index (χ4v) is 4.62. The summed E-state index contributed by atoms with van der Waals surface area (Å²) in [5, 5.41) is 1.13. The van der Waals surface area contributed by atoms with Gasteiger partial charge >= 0.3 is 0 Å². The minimum atomic E-state index is 0.198. The molecule has 2 aromatic heterocycles. The van der Waals surface area contributed by atoms with Crippen LogP contribution in [0.2, 0.25) is 0 Å². The third-order valence-electron chi connectivity index (χ3n) is 5.34. The Kier molecular flexibility index (Phi) is 6.22. The van der Waals surface area contributed by atoms with Crippen molar-refractivity contribution in [2.45, 2.75) is 49.6 Å². The molecule has 1 aliphatic rings. The van der Waals surface area contributed by atoms with Crippen LogP contribution in [0, 0.1) is 0 Å². The lowest BCUT2D eigenvalue weighted by Gasteiger charge is -2.34. The van der Waals surface area contributed by atoms with E-state index >= 15 is 0 Å². The number of hydrogen-bond acceptors (Lipinski definition) is 4. The van der Waals surface area contributed by atoms with Gasteiger partial charge in [-0.1, -0.05) is 43.5 Å². The maximum atomic E-state index is 13.1. The summed E-state index contributed by atoms with van der Waals surface area (Å²) in [6.45, 7) is 0.589. The van der Waals surface area contributed by atoms with Gasteiger partial charge in [0.05, 0.1) is 23.5 Å². The molecule has 1 amide bonds. The molecule has 0 saturated heterocycles. The molecule has 28 heavy (non-hydrogen) atoms. The molecule has 1 aliphatic carbocycles. The number of carbonyl (C=O) groups excluding carboxylic acids is 1. The van der Waals surface area contributed by atoms with Crippen LogP contribution in [0.4, 0.5) is 0 Å². The van der Waals surface area contributed by atoms with Crippen LogP contribution in [0.1, 0.15) is 37.8 Å². The molecular formula is C23H25N3OS. The number of aromatic nitrogens is 2. The third-order valence-corrected chi connectivity index (χ3v) is 6.33. The fourth-order valence-electron chi connectivity index (χ4n) is 3.85. The molecular weight excluding hydrogens is 366 g/mol. The number of fused-ring (bicyclic) bond motifs is 1. The predicted molar refractivity (Wildman–Crippen MR) is 114 cm³/mol. The summed E-state index contributed by atoms with van der Waals surface area (Å²) in [5.41, 5.74) is 1.95. The highest BCUT2D eigenvalue weighted by atomic mass is 32.2. The first-order valence-electron chi connectivity index (χ1n) is 9.96. The van der Waals surface area contributed by atoms with Crippen molar-refractivity contribution in [1.82, 2.24) is 14.9 Å². The minimum Gasteiger partial charge on any atom is -0.333 e. The van der Waals surface area contributed by atoms with Gasteiger partial charge in [-0.25, -0.2) is 0 Å². The summed E-state index contributed by atoms with van der Waals surface area (Å²) in [4.78, 5) is 25.1. The number of pyridine rings is 2. The molecule has 1 saturated carbocycles. The Morgan fingerprint density at radius 1 is 1.00 bits per heavy atom. The molecule has 2 heterocycles. The largest absolute Gasteiger partial charge is 0.333 e. The van der Waals surface area contributed by atoms with E-state index in [1.807, 2.05) is 30.3 Å². The van der Waals surface area contributed by atoms with E-state index in [2.05, 4.69) is 28.1 Å². The lowest BCUT2D eigenvalue weighted by molar-refractivity contribution is -0.132. The average molecular weight is 392 g/mol. The summed E-state index contributed by atoms with van der Waals surface area (Å²) >= 11 is 1.58. The second-order valence-electron chi connectivity index (χ2n) is 7.28. The number of thioether (sulfide) groups is 1. The van der Waals surface area contributed by atoms with Crippen LogP contribution >= 0.6 is 11.8 Å². The fraction of sp³-hybridized carbons (Fsp3) is 0.348. The van der Waals surface area contributed by atoms with Crippen LogP contribution in [0.25, 0.3) is 10.9 Å². The Balaban J connectivity index is 1.51. The van der Waals surface area contributed by atoms with E-state index in [9.17, 15) is 4.79 Å². The van der Waals surface area contributed by atoms with Crippen LogP contribution in [-0.4, -0.2) is 32.6 Å². The molecule has 4 nitrogen and oxygen atoms in total. The first kappa shape index (κ1) is 18.9. The summed E-state index contributed by atoms with van der Waals surface area (Å²) in [6.07, 6.45) is 9.42. The highest BCUT2D eigenvalue weighted by Gasteiger charge is 2.26. The molecule has 0 bridgehead atoms. The predicted octanol–water partition coefficient (Wildman–Crippen LogP) is 5.08.